The molecule has 0 fully saturated rings. The van der Waals surface area contributed by atoms with Gasteiger partial charge >= 0.3 is 5.97 Å². The molecule has 82 valence electrons. The average molecular weight is 208 g/mol. The molecule has 0 aliphatic carbocycles. The van der Waals surface area contributed by atoms with E-state index in [0.717, 1.165) is 5.56 Å². The SMILES string of the molecule is COC(=O)[C@@H](C)[C@H](OC)c1ccccc1. The number of benzene rings is 1. The average Bonchev–Trinajstić information content (AvgIpc) is 2.30. The number of carbonyl (C=O) groups excluding carboxylic acids is 1. The van der Waals surface area contributed by atoms with Crippen molar-refractivity contribution in [2.24, 2.45) is 5.92 Å². The molecule has 0 bridgehead atoms. The zero-order valence-electron chi connectivity index (χ0n) is 9.27. The first-order valence-electron chi connectivity index (χ1n) is 4.86. The summed E-state index contributed by atoms with van der Waals surface area (Å²) < 4.78 is 10.0. The largest absolute Gasteiger partial charge is 0.469 e. The fraction of sp³-hybridized carbons (Fsp3) is 0.417. The van der Waals surface area contributed by atoms with E-state index in [1.54, 1.807) is 14.0 Å². The standard InChI is InChI=1S/C12H16O3/c1-9(12(13)15-3)11(14-2)10-7-5-4-6-8-10/h4-9,11H,1-3H3/t9-,11-/m0/s1. The van der Waals surface area contributed by atoms with E-state index in [1.165, 1.54) is 7.11 Å². The molecule has 2 atom stereocenters. The minimum absolute atomic E-state index is 0.251. The Balaban J connectivity index is 2.85. The van der Waals surface area contributed by atoms with E-state index in [-0.39, 0.29) is 18.0 Å². The van der Waals surface area contributed by atoms with Crippen LogP contribution < -0.4 is 0 Å². The highest BCUT2D eigenvalue weighted by molar-refractivity contribution is 5.72. The third-order valence-electron chi connectivity index (χ3n) is 2.41. The van der Waals surface area contributed by atoms with Crippen LogP contribution in [0.15, 0.2) is 30.3 Å². The third kappa shape index (κ3) is 2.80. The molecule has 0 radical (unpaired) electrons. The van der Waals surface area contributed by atoms with Crippen molar-refractivity contribution in [1.82, 2.24) is 0 Å². The second-order valence-corrected chi connectivity index (χ2v) is 3.38. The third-order valence-corrected chi connectivity index (χ3v) is 2.41. The van der Waals surface area contributed by atoms with Gasteiger partial charge in [0, 0.05) is 7.11 Å². The zero-order chi connectivity index (χ0) is 11.3. The molecular formula is C12H16O3. The maximum atomic E-state index is 11.4. The Bertz CT molecular complexity index is 308. The van der Waals surface area contributed by atoms with Gasteiger partial charge in [-0.25, -0.2) is 0 Å². The van der Waals surface area contributed by atoms with Crippen molar-refractivity contribution < 1.29 is 14.3 Å². The summed E-state index contributed by atoms with van der Waals surface area (Å²) in [5.74, 6) is -0.562. The van der Waals surface area contributed by atoms with Crippen molar-refractivity contribution in [2.75, 3.05) is 14.2 Å². The van der Waals surface area contributed by atoms with E-state index >= 15 is 0 Å². The van der Waals surface area contributed by atoms with Gasteiger partial charge in [-0.15, -0.1) is 0 Å². The molecule has 1 rings (SSSR count). The molecule has 1 aromatic carbocycles. The van der Waals surface area contributed by atoms with Gasteiger partial charge in [-0.2, -0.15) is 0 Å². The molecular weight excluding hydrogens is 192 g/mol. The van der Waals surface area contributed by atoms with Gasteiger partial charge in [0.25, 0.3) is 0 Å². The molecule has 15 heavy (non-hydrogen) atoms. The predicted octanol–water partition coefficient (Wildman–Crippen LogP) is 2.18. The summed E-state index contributed by atoms with van der Waals surface area (Å²) >= 11 is 0. The van der Waals surface area contributed by atoms with Crippen LogP contribution in [-0.2, 0) is 14.3 Å². The molecule has 0 aromatic heterocycles. The first-order chi connectivity index (χ1) is 7.20. The summed E-state index contributed by atoms with van der Waals surface area (Å²) in [7, 11) is 2.98. The molecule has 3 heteroatoms. The Morgan fingerprint density at radius 3 is 2.27 bits per heavy atom. The molecule has 3 nitrogen and oxygen atoms in total. The maximum Gasteiger partial charge on any atom is 0.311 e. The lowest BCUT2D eigenvalue weighted by Crippen LogP contribution is -2.22. The van der Waals surface area contributed by atoms with Gasteiger partial charge in [0.15, 0.2) is 0 Å². The monoisotopic (exact) mass is 208 g/mol. The second kappa shape index (κ2) is 5.51. The number of rotatable bonds is 4. The van der Waals surface area contributed by atoms with Crippen molar-refractivity contribution >= 4 is 5.97 Å². The smallest absolute Gasteiger partial charge is 0.311 e. The second-order valence-electron chi connectivity index (χ2n) is 3.38. The molecule has 0 aliphatic rings. The molecule has 1 aromatic rings. The normalized spacial score (nSPS) is 14.3. The highest BCUT2D eigenvalue weighted by atomic mass is 16.5. The van der Waals surface area contributed by atoms with Crippen LogP contribution in [0.3, 0.4) is 0 Å². The molecule has 0 saturated carbocycles. The molecule has 0 heterocycles. The van der Waals surface area contributed by atoms with E-state index in [2.05, 4.69) is 0 Å². The highest BCUT2D eigenvalue weighted by Crippen LogP contribution is 2.25. The maximum absolute atomic E-state index is 11.4. The van der Waals surface area contributed by atoms with Gasteiger partial charge < -0.3 is 9.47 Å². The Morgan fingerprint density at radius 2 is 1.80 bits per heavy atom. The van der Waals surface area contributed by atoms with Crippen LogP contribution in [0.2, 0.25) is 0 Å². The lowest BCUT2D eigenvalue weighted by atomic mass is 9.97. The molecule has 0 saturated heterocycles. The minimum atomic E-state index is -0.303. The topological polar surface area (TPSA) is 35.5 Å². The Kier molecular flexibility index (Phi) is 4.31. The fourth-order valence-corrected chi connectivity index (χ4v) is 1.58. The van der Waals surface area contributed by atoms with Crippen molar-refractivity contribution in [3.8, 4) is 0 Å². The summed E-state index contributed by atoms with van der Waals surface area (Å²) in [4.78, 5) is 11.4. The minimum Gasteiger partial charge on any atom is -0.469 e. The van der Waals surface area contributed by atoms with Crippen LogP contribution >= 0.6 is 0 Å². The summed E-state index contributed by atoms with van der Waals surface area (Å²) in [6, 6.07) is 9.65. The van der Waals surface area contributed by atoms with Crippen molar-refractivity contribution in [1.29, 1.82) is 0 Å². The van der Waals surface area contributed by atoms with Gasteiger partial charge in [0.1, 0.15) is 0 Å². The number of hydrogen-bond acceptors (Lipinski definition) is 3. The van der Waals surface area contributed by atoms with Crippen molar-refractivity contribution in [2.45, 2.75) is 13.0 Å². The number of methoxy groups -OCH3 is 2. The number of carbonyl (C=O) groups is 1. The molecule has 0 aliphatic heterocycles. The van der Waals surface area contributed by atoms with Crippen LogP contribution in [-0.4, -0.2) is 20.2 Å². The van der Waals surface area contributed by atoms with Crippen molar-refractivity contribution in [3.05, 3.63) is 35.9 Å². The Morgan fingerprint density at radius 1 is 1.20 bits per heavy atom. The van der Waals surface area contributed by atoms with Crippen molar-refractivity contribution in [3.63, 3.8) is 0 Å². The number of hydrogen-bond donors (Lipinski definition) is 0. The summed E-state index contributed by atoms with van der Waals surface area (Å²) in [6.07, 6.45) is -0.251. The number of esters is 1. The highest BCUT2D eigenvalue weighted by Gasteiger charge is 2.25. The lowest BCUT2D eigenvalue weighted by Gasteiger charge is -2.20. The first-order valence-corrected chi connectivity index (χ1v) is 4.86. The van der Waals surface area contributed by atoms with E-state index in [9.17, 15) is 4.79 Å². The fourth-order valence-electron chi connectivity index (χ4n) is 1.58. The Labute approximate surface area is 90.0 Å². The van der Waals surface area contributed by atoms with E-state index in [0.29, 0.717) is 0 Å². The zero-order valence-corrected chi connectivity index (χ0v) is 9.27. The Hall–Kier alpha value is -1.35. The van der Waals surface area contributed by atoms with E-state index in [1.807, 2.05) is 30.3 Å². The lowest BCUT2D eigenvalue weighted by molar-refractivity contribution is -0.149. The molecule has 0 N–H and O–H groups in total. The van der Waals surface area contributed by atoms with E-state index in [4.69, 9.17) is 9.47 Å². The van der Waals surface area contributed by atoms with Gasteiger partial charge in [0.2, 0.25) is 0 Å². The van der Waals surface area contributed by atoms with E-state index < -0.39 is 0 Å². The van der Waals surface area contributed by atoms with Gasteiger partial charge in [-0.3, -0.25) is 4.79 Å². The van der Waals surface area contributed by atoms with Gasteiger partial charge in [0.05, 0.1) is 19.1 Å². The van der Waals surface area contributed by atoms with Gasteiger partial charge in [-0.1, -0.05) is 30.3 Å². The number of ether oxygens (including phenoxy) is 2. The van der Waals surface area contributed by atoms with Crippen LogP contribution in [0.4, 0.5) is 0 Å². The summed E-state index contributed by atoms with van der Waals surface area (Å²) in [5.41, 5.74) is 0.984. The van der Waals surface area contributed by atoms with Crippen LogP contribution in [0.1, 0.15) is 18.6 Å². The summed E-state index contributed by atoms with van der Waals surface area (Å²) in [6.45, 7) is 1.80. The quantitative estimate of drug-likeness (QED) is 0.711. The predicted molar refractivity (Wildman–Crippen MR) is 57.4 cm³/mol. The molecule has 0 amide bonds. The first kappa shape index (κ1) is 11.7. The molecule has 0 unspecified atom stereocenters. The molecule has 0 spiro atoms. The van der Waals surface area contributed by atoms with Crippen LogP contribution in [0, 0.1) is 5.92 Å². The van der Waals surface area contributed by atoms with Crippen LogP contribution in [0.25, 0.3) is 0 Å². The van der Waals surface area contributed by atoms with Gasteiger partial charge in [-0.05, 0) is 12.5 Å². The van der Waals surface area contributed by atoms with Crippen LogP contribution in [0.5, 0.6) is 0 Å². The summed E-state index contributed by atoms with van der Waals surface area (Å²) in [5, 5.41) is 0.